The Morgan fingerprint density at radius 1 is 1.00 bits per heavy atom. The number of pyridine rings is 2. The first kappa shape index (κ1) is 25.1. The number of likely N-dealkylation sites (tertiary alicyclic amines) is 2. The monoisotopic (exact) mass is 500 g/mol. The third-order valence-electron chi connectivity index (χ3n) is 7.99. The van der Waals surface area contributed by atoms with E-state index in [4.69, 9.17) is 10.6 Å². The fraction of sp³-hybridized carbons (Fsp3) is 0.448. The van der Waals surface area contributed by atoms with Gasteiger partial charge in [0.15, 0.2) is 0 Å². The first-order valence-electron chi connectivity index (χ1n) is 13.2. The van der Waals surface area contributed by atoms with Crippen LogP contribution in [0.4, 0.5) is 5.82 Å². The van der Waals surface area contributed by atoms with E-state index >= 15 is 0 Å². The van der Waals surface area contributed by atoms with Gasteiger partial charge in [-0.2, -0.15) is 0 Å². The summed E-state index contributed by atoms with van der Waals surface area (Å²) < 4.78 is 0. The van der Waals surface area contributed by atoms with Crippen LogP contribution < -0.4 is 5.73 Å². The molecule has 1 amide bonds. The Morgan fingerprint density at radius 2 is 1.70 bits per heavy atom. The molecular formula is C29H36N6O2. The maximum absolute atomic E-state index is 13.4. The molecule has 2 fully saturated rings. The van der Waals surface area contributed by atoms with Gasteiger partial charge in [-0.05, 0) is 74.8 Å². The molecule has 5 rings (SSSR count). The molecule has 1 atom stereocenters. The van der Waals surface area contributed by atoms with Crippen LogP contribution in [-0.4, -0.2) is 64.7 Å². The largest absolute Gasteiger partial charge is 0.399 e. The Labute approximate surface area is 218 Å². The van der Waals surface area contributed by atoms with Crippen molar-refractivity contribution in [1.82, 2.24) is 19.8 Å². The Balaban J connectivity index is 1.17. The number of hydrogen-bond donors (Lipinski definition) is 1. The highest BCUT2D eigenvalue weighted by Crippen LogP contribution is 2.30. The summed E-state index contributed by atoms with van der Waals surface area (Å²) in [4.78, 5) is 31.9. The average Bonchev–Trinajstić information content (AvgIpc) is 2.95. The number of benzene rings is 1. The van der Waals surface area contributed by atoms with E-state index in [-0.39, 0.29) is 17.9 Å². The third-order valence-corrected chi connectivity index (χ3v) is 7.99. The van der Waals surface area contributed by atoms with Crippen molar-refractivity contribution in [3.05, 3.63) is 66.1 Å². The molecule has 0 saturated carbocycles. The van der Waals surface area contributed by atoms with Crippen molar-refractivity contribution in [2.75, 3.05) is 39.0 Å². The molecule has 2 aliphatic heterocycles. The Kier molecular flexibility index (Phi) is 7.65. The molecule has 3 aromatic rings. The summed E-state index contributed by atoms with van der Waals surface area (Å²) >= 11 is 0. The number of nitrogens with two attached hydrogens (primary N) is 1. The van der Waals surface area contributed by atoms with Crippen LogP contribution in [0.5, 0.6) is 0 Å². The van der Waals surface area contributed by atoms with Crippen LogP contribution in [0.15, 0.2) is 60.0 Å². The molecule has 8 heteroatoms. The number of amides is 1. The Hall–Kier alpha value is -3.52. The quantitative estimate of drug-likeness (QED) is 0.401. The van der Waals surface area contributed by atoms with Gasteiger partial charge in [0.25, 0.3) is 0 Å². The van der Waals surface area contributed by atoms with Gasteiger partial charge in [0.1, 0.15) is 18.6 Å². The SMILES string of the molecule is CON=C(c1cc2ccccc2cn1)C1CCN(C(=O)C2CCN(C(C)c3ccnc(N)c3)CC2)CC1. The predicted octanol–water partition coefficient (Wildman–Crippen LogP) is 4.27. The number of carbonyl (C=O) groups is 1. The first-order chi connectivity index (χ1) is 18.0. The van der Waals surface area contributed by atoms with Crippen LogP contribution in [0.3, 0.4) is 0 Å². The minimum atomic E-state index is 0.0942. The van der Waals surface area contributed by atoms with E-state index < -0.39 is 0 Å². The molecule has 0 radical (unpaired) electrons. The van der Waals surface area contributed by atoms with E-state index in [2.05, 4.69) is 50.0 Å². The molecule has 2 saturated heterocycles. The smallest absolute Gasteiger partial charge is 0.225 e. The minimum Gasteiger partial charge on any atom is -0.399 e. The normalized spacial score (nSPS) is 19.2. The molecule has 1 unspecified atom stereocenters. The van der Waals surface area contributed by atoms with Gasteiger partial charge < -0.3 is 15.5 Å². The van der Waals surface area contributed by atoms with Crippen molar-refractivity contribution >= 4 is 28.2 Å². The fourth-order valence-electron chi connectivity index (χ4n) is 5.75. The Morgan fingerprint density at radius 3 is 2.41 bits per heavy atom. The van der Waals surface area contributed by atoms with E-state index in [0.29, 0.717) is 11.7 Å². The summed E-state index contributed by atoms with van der Waals surface area (Å²) in [5.41, 5.74) is 8.77. The second kappa shape index (κ2) is 11.3. The van der Waals surface area contributed by atoms with Gasteiger partial charge in [-0.25, -0.2) is 4.98 Å². The number of nitrogen functional groups attached to an aromatic ring is 1. The lowest BCUT2D eigenvalue weighted by molar-refractivity contribution is -0.138. The number of piperidine rings is 2. The van der Waals surface area contributed by atoms with E-state index in [1.165, 1.54) is 5.56 Å². The molecule has 4 heterocycles. The third kappa shape index (κ3) is 5.59. The lowest BCUT2D eigenvalue weighted by Crippen LogP contribution is -2.46. The summed E-state index contributed by atoms with van der Waals surface area (Å²) in [6, 6.07) is 14.5. The zero-order valence-electron chi connectivity index (χ0n) is 21.7. The topological polar surface area (TPSA) is 96.9 Å². The maximum atomic E-state index is 13.4. The van der Waals surface area contributed by atoms with Crippen molar-refractivity contribution in [3.8, 4) is 0 Å². The van der Waals surface area contributed by atoms with Gasteiger partial charge in [-0.1, -0.05) is 29.4 Å². The van der Waals surface area contributed by atoms with E-state index in [1.807, 2.05) is 30.5 Å². The molecular weight excluding hydrogens is 464 g/mol. The van der Waals surface area contributed by atoms with Crippen molar-refractivity contribution in [2.45, 2.75) is 38.6 Å². The van der Waals surface area contributed by atoms with Gasteiger partial charge in [0.2, 0.25) is 5.91 Å². The second-order valence-corrected chi connectivity index (χ2v) is 10.2. The van der Waals surface area contributed by atoms with Crippen LogP contribution in [-0.2, 0) is 9.63 Å². The van der Waals surface area contributed by atoms with E-state index in [0.717, 1.165) is 74.0 Å². The van der Waals surface area contributed by atoms with Crippen molar-refractivity contribution in [3.63, 3.8) is 0 Å². The summed E-state index contributed by atoms with van der Waals surface area (Å²) in [7, 11) is 1.58. The van der Waals surface area contributed by atoms with E-state index in [1.54, 1.807) is 13.3 Å². The average molecular weight is 501 g/mol. The van der Waals surface area contributed by atoms with Gasteiger partial charge in [0.05, 0.1) is 5.69 Å². The number of aromatic nitrogens is 2. The van der Waals surface area contributed by atoms with Crippen LogP contribution in [0.2, 0.25) is 0 Å². The molecule has 0 bridgehead atoms. The fourth-order valence-corrected chi connectivity index (χ4v) is 5.75. The van der Waals surface area contributed by atoms with Crippen molar-refractivity contribution in [1.29, 1.82) is 0 Å². The summed E-state index contributed by atoms with van der Waals surface area (Å²) in [6.07, 6.45) is 7.16. The van der Waals surface area contributed by atoms with Gasteiger partial charge >= 0.3 is 0 Å². The standard InChI is InChI=1S/C29H36N6O2/c1-20(23-7-12-31-27(30)18-23)34-13-10-22(11-14-34)29(36)35-15-8-21(9-16-35)28(33-37-2)26-17-24-5-3-4-6-25(24)19-32-26/h3-7,12,17-22H,8-11,13-16H2,1-2H3,(H2,30,31). The lowest BCUT2D eigenvalue weighted by Gasteiger charge is -2.39. The molecule has 2 aromatic heterocycles. The van der Waals surface area contributed by atoms with Crippen LogP contribution >= 0.6 is 0 Å². The van der Waals surface area contributed by atoms with Crippen LogP contribution in [0.1, 0.15) is 49.9 Å². The first-order valence-corrected chi connectivity index (χ1v) is 13.2. The van der Waals surface area contributed by atoms with Crippen LogP contribution in [0, 0.1) is 11.8 Å². The number of nitrogens with zero attached hydrogens (tertiary/aromatic N) is 5. The summed E-state index contributed by atoms with van der Waals surface area (Å²) in [5, 5.41) is 6.61. The zero-order chi connectivity index (χ0) is 25.8. The molecule has 2 N–H and O–H groups in total. The maximum Gasteiger partial charge on any atom is 0.225 e. The lowest BCUT2D eigenvalue weighted by atomic mass is 9.88. The number of rotatable bonds is 6. The van der Waals surface area contributed by atoms with Gasteiger partial charge in [-0.3, -0.25) is 14.7 Å². The number of hydrogen-bond acceptors (Lipinski definition) is 7. The highest BCUT2D eigenvalue weighted by atomic mass is 16.6. The Bertz CT molecular complexity index is 1260. The van der Waals surface area contributed by atoms with Gasteiger partial charge in [-0.15, -0.1) is 0 Å². The van der Waals surface area contributed by atoms with Crippen molar-refractivity contribution in [2.24, 2.45) is 17.0 Å². The molecule has 194 valence electrons. The summed E-state index contributed by atoms with van der Waals surface area (Å²) in [6.45, 7) is 5.51. The van der Waals surface area contributed by atoms with Gasteiger partial charge in [0, 0.05) is 48.7 Å². The highest BCUT2D eigenvalue weighted by Gasteiger charge is 2.33. The number of carbonyl (C=O) groups excluding carboxylic acids is 1. The molecule has 8 nitrogen and oxygen atoms in total. The molecule has 0 spiro atoms. The van der Waals surface area contributed by atoms with Crippen LogP contribution in [0.25, 0.3) is 10.8 Å². The summed E-state index contributed by atoms with van der Waals surface area (Å²) in [5.74, 6) is 1.16. The van der Waals surface area contributed by atoms with Crippen molar-refractivity contribution < 1.29 is 9.63 Å². The molecule has 37 heavy (non-hydrogen) atoms. The molecule has 2 aliphatic rings. The zero-order valence-corrected chi connectivity index (χ0v) is 21.7. The highest BCUT2D eigenvalue weighted by molar-refractivity contribution is 6.02. The number of fused-ring (bicyclic) bond motifs is 1. The predicted molar refractivity (Wildman–Crippen MR) is 146 cm³/mol. The molecule has 0 aliphatic carbocycles. The minimum absolute atomic E-state index is 0.0942. The second-order valence-electron chi connectivity index (χ2n) is 10.2. The number of oxime groups is 1. The van der Waals surface area contributed by atoms with E-state index in [9.17, 15) is 4.79 Å². The molecule has 1 aromatic carbocycles. The number of anilines is 1.